The molecule has 1 rings (SSSR count). The topological polar surface area (TPSA) is 25.8 Å². The third-order valence-electron chi connectivity index (χ3n) is 1.96. The number of rotatable bonds is 3. The van der Waals surface area contributed by atoms with Crippen LogP contribution in [0.1, 0.15) is 37.7 Å². The van der Waals surface area contributed by atoms with E-state index in [2.05, 4.69) is 37.5 Å². The van der Waals surface area contributed by atoms with Crippen LogP contribution < -0.4 is 0 Å². The molecule has 0 amide bonds. The lowest BCUT2D eigenvalue weighted by Crippen LogP contribution is -2.10. The van der Waals surface area contributed by atoms with Gasteiger partial charge in [0, 0.05) is 11.0 Å². The summed E-state index contributed by atoms with van der Waals surface area (Å²) in [6.45, 7) is 12.1. The standard InChI is InChI=1S/C13H18N2S/c1-6-8-10(9-7-2)11-14-15-12(16-11)13(3,4)5/h6-9H,1H2,2-5H3/b9-7-,10-8+. The first-order valence-electron chi connectivity index (χ1n) is 5.29. The van der Waals surface area contributed by atoms with Crippen molar-refractivity contribution >= 4 is 16.9 Å². The SMILES string of the molecule is C=C/C=C(\C=C/C)c1nnc(C(C)(C)C)s1. The Kier molecular flexibility index (Phi) is 4.19. The lowest BCUT2D eigenvalue weighted by atomic mass is 9.98. The molecule has 2 nitrogen and oxygen atoms in total. The van der Waals surface area contributed by atoms with Gasteiger partial charge in [0.2, 0.25) is 0 Å². The average Bonchev–Trinajstić information content (AvgIpc) is 2.65. The summed E-state index contributed by atoms with van der Waals surface area (Å²) in [5.41, 5.74) is 1.12. The highest BCUT2D eigenvalue weighted by atomic mass is 32.1. The maximum absolute atomic E-state index is 4.23. The molecule has 86 valence electrons. The second kappa shape index (κ2) is 5.21. The Labute approximate surface area is 101 Å². The minimum Gasteiger partial charge on any atom is -0.143 e. The number of aromatic nitrogens is 2. The normalized spacial score (nSPS) is 13.4. The highest BCUT2D eigenvalue weighted by molar-refractivity contribution is 7.12. The average molecular weight is 234 g/mol. The third kappa shape index (κ3) is 3.14. The fourth-order valence-electron chi connectivity index (χ4n) is 1.15. The molecule has 3 heteroatoms. The van der Waals surface area contributed by atoms with Crippen molar-refractivity contribution in [3.05, 3.63) is 40.9 Å². The van der Waals surface area contributed by atoms with Crippen LogP contribution in [0.5, 0.6) is 0 Å². The molecule has 1 heterocycles. The van der Waals surface area contributed by atoms with Gasteiger partial charge in [-0.25, -0.2) is 0 Å². The smallest absolute Gasteiger partial charge is 0.143 e. The first-order valence-corrected chi connectivity index (χ1v) is 6.10. The molecule has 0 radical (unpaired) electrons. The van der Waals surface area contributed by atoms with E-state index in [0.717, 1.165) is 15.6 Å². The predicted octanol–water partition coefficient (Wildman–Crippen LogP) is 3.98. The van der Waals surface area contributed by atoms with Gasteiger partial charge in [-0.15, -0.1) is 10.2 Å². The van der Waals surface area contributed by atoms with Gasteiger partial charge in [-0.05, 0) is 6.92 Å². The van der Waals surface area contributed by atoms with E-state index in [1.54, 1.807) is 17.4 Å². The molecule has 0 unspecified atom stereocenters. The van der Waals surface area contributed by atoms with Gasteiger partial charge in [-0.1, -0.05) is 63.0 Å². The molecule has 0 aliphatic rings. The summed E-state index contributed by atoms with van der Waals surface area (Å²) in [5.74, 6) is 0. The van der Waals surface area contributed by atoms with Gasteiger partial charge in [-0.3, -0.25) is 0 Å². The zero-order valence-corrected chi connectivity index (χ0v) is 11.1. The van der Waals surface area contributed by atoms with Crippen LogP contribution in [0, 0.1) is 0 Å². The van der Waals surface area contributed by atoms with Gasteiger partial charge in [0.1, 0.15) is 10.0 Å². The minimum absolute atomic E-state index is 0.0606. The van der Waals surface area contributed by atoms with Crippen molar-refractivity contribution < 1.29 is 0 Å². The Bertz CT molecular complexity index is 419. The van der Waals surface area contributed by atoms with Crippen LogP contribution in [0.25, 0.3) is 5.57 Å². The Hall–Kier alpha value is -1.22. The first kappa shape index (κ1) is 12.8. The Morgan fingerprint density at radius 3 is 2.44 bits per heavy atom. The van der Waals surface area contributed by atoms with Crippen LogP contribution in [0.15, 0.2) is 30.9 Å². The summed E-state index contributed by atoms with van der Waals surface area (Å²) >= 11 is 1.64. The Balaban J connectivity index is 3.09. The number of hydrogen-bond donors (Lipinski definition) is 0. The molecule has 0 saturated heterocycles. The van der Waals surface area contributed by atoms with Crippen LogP contribution >= 0.6 is 11.3 Å². The zero-order chi connectivity index (χ0) is 12.2. The second-order valence-corrected chi connectivity index (χ2v) is 5.50. The first-order chi connectivity index (χ1) is 7.49. The van der Waals surface area contributed by atoms with Gasteiger partial charge in [0.05, 0.1) is 0 Å². The third-order valence-corrected chi connectivity index (χ3v) is 3.36. The molecule has 0 aliphatic heterocycles. The quantitative estimate of drug-likeness (QED) is 0.739. The molecule has 0 N–H and O–H groups in total. The van der Waals surface area contributed by atoms with Crippen LogP contribution in [-0.4, -0.2) is 10.2 Å². The van der Waals surface area contributed by atoms with E-state index in [4.69, 9.17) is 0 Å². The highest BCUT2D eigenvalue weighted by Crippen LogP contribution is 2.28. The lowest BCUT2D eigenvalue weighted by molar-refractivity contribution is 0.578. The van der Waals surface area contributed by atoms with Crippen molar-refractivity contribution in [1.29, 1.82) is 0 Å². The molecule has 0 fully saturated rings. The largest absolute Gasteiger partial charge is 0.147 e. The van der Waals surface area contributed by atoms with Crippen molar-refractivity contribution in [3.63, 3.8) is 0 Å². The summed E-state index contributed by atoms with van der Waals surface area (Å²) in [6.07, 6.45) is 7.74. The Morgan fingerprint density at radius 2 is 2.00 bits per heavy atom. The highest BCUT2D eigenvalue weighted by Gasteiger charge is 2.19. The molecule has 1 aromatic heterocycles. The van der Waals surface area contributed by atoms with E-state index in [1.807, 2.05) is 25.2 Å². The summed E-state index contributed by atoms with van der Waals surface area (Å²) in [6, 6.07) is 0. The molecule has 1 aromatic rings. The van der Waals surface area contributed by atoms with Crippen molar-refractivity contribution in [1.82, 2.24) is 10.2 Å². The zero-order valence-electron chi connectivity index (χ0n) is 10.3. The van der Waals surface area contributed by atoms with Crippen molar-refractivity contribution in [2.45, 2.75) is 33.1 Å². The van der Waals surface area contributed by atoms with Crippen LogP contribution in [-0.2, 0) is 5.41 Å². The molecular formula is C13H18N2S. The van der Waals surface area contributed by atoms with Crippen LogP contribution in [0.4, 0.5) is 0 Å². The maximum Gasteiger partial charge on any atom is 0.147 e. The summed E-state index contributed by atoms with van der Waals surface area (Å²) in [5, 5.41) is 10.5. The van der Waals surface area contributed by atoms with E-state index in [9.17, 15) is 0 Å². The maximum atomic E-state index is 4.23. The Morgan fingerprint density at radius 1 is 1.31 bits per heavy atom. The second-order valence-electron chi connectivity index (χ2n) is 4.52. The summed E-state index contributed by atoms with van der Waals surface area (Å²) in [7, 11) is 0. The number of nitrogens with zero attached hydrogens (tertiary/aromatic N) is 2. The molecule has 0 saturated carbocycles. The molecule has 0 aliphatic carbocycles. The van der Waals surface area contributed by atoms with Crippen LogP contribution in [0.3, 0.4) is 0 Å². The van der Waals surface area contributed by atoms with Gasteiger partial charge in [-0.2, -0.15) is 0 Å². The summed E-state index contributed by atoms with van der Waals surface area (Å²) < 4.78 is 0. The molecule has 0 aromatic carbocycles. The van der Waals surface area contributed by atoms with E-state index in [-0.39, 0.29) is 5.41 Å². The number of allylic oxidation sites excluding steroid dienone is 5. The van der Waals surface area contributed by atoms with Crippen molar-refractivity contribution in [2.75, 3.05) is 0 Å². The van der Waals surface area contributed by atoms with Crippen molar-refractivity contribution in [2.24, 2.45) is 0 Å². The summed E-state index contributed by atoms with van der Waals surface area (Å²) in [4.78, 5) is 0. The van der Waals surface area contributed by atoms with E-state index < -0.39 is 0 Å². The lowest BCUT2D eigenvalue weighted by Gasteiger charge is -2.12. The fourth-order valence-corrected chi connectivity index (χ4v) is 2.05. The van der Waals surface area contributed by atoms with Gasteiger partial charge >= 0.3 is 0 Å². The van der Waals surface area contributed by atoms with E-state index in [0.29, 0.717) is 0 Å². The molecular weight excluding hydrogens is 216 g/mol. The molecule has 16 heavy (non-hydrogen) atoms. The van der Waals surface area contributed by atoms with E-state index in [1.165, 1.54) is 0 Å². The van der Waals surface area contributed by atoms with E-state index >= 15 is 0 Å². The van der Waals surface area contributed by atoms with Gasteiger partial charge in [0.15, 0.2) is 0 Å². The fraction of sp³-hybridized carbons (Fsp3) is 0.385. The molecule has 0 spiro atoms. The number of hydrogen-bond acceptors (Lipinski definition) is 3. The van der Waals surface area contributed by atoms with Crippen LogP contribution in [0.2, 0.25) is 0 Å². The van der Waals surface area contributed by atoms with Crippen molar-refractivity contribution in [3.8, 4) is 0 Å². The molecule has 0 bridgehead atoms. The van der Waals surface area contributed by atoms with Gasteiger partial charge < -0.3 is 0 Å². The monoisotopic (exact) mass is 234 g/mol. The predicted molar refractivity (Wildman–Crippen MR) is 71.6 cm³/mol. The van der Waals surface area contributed by atoms with Gasteiger partial charge in [0.25, 0.3) is 0 Å². The minimum atomic E-state index is 0.0606. The molecule has 0 atom stereocenters.